The van der Waals surface area contributed by atoms with Crippen molar-refractivity contribution in [2.45, 2.75) is 84.5 Å². The standard InChI is InChI=1S/C34H41FN7O2PS/c1-6-7-23(18(3)43)39-33-26-21-15-44-14-20(21)24(27-25-19(12-36)31(37)46-30(25)22(35)13-38-27)29(45)28(26)40-32(41-33)17(2)8-9-34(10-11-34)16-42(4)5/h13,17,23H,6-11,14-16,37,45H2,1-5H3,(H,39,40,41). The van der Waals surface area contributed by atoms with E-state index in [1.807, 2.05) is 0 Å². The zero-order chi connectivity index (χ0) is 32.9. The van der Waals surface area contributed by atoms with E-state index in [0.717, 1.165) is 64.5 Å². The van der Waals surface area contributed by atoms with Crippen LogP contribution >= 0.6 is 20.6 Å². The highest BCUT2D eigenvalue weighted by atomic mass is 32.1. The Balaban J connectivity index is 1.56. The third-order valence-corrected chi connectivity index (χ3v) is 11.1. The number of thiophene rings is 1. The number of benzene rings is 1. The molecule has 1 aromatic carbocycles. The molecule has 1 aliphatic heterocycles. The van der Waals surface area contributed by atoms with Gasteiger partial charge in [0, 0.05) is 34.1 Å². The van der Waals surface area contributed by atoms with Gasteiger partial charge in [-0.15, -0.1) is 20.6 Å². The molecule has 4 heterocycles. The van der Waals surface area contributed by atoms with Crippen molar-refractivity contribution in [2.75, 3.05) is 31.7 Å². The van der Waals surface area contributed by atoms with Crippen molar-refractivity contribution >= 4 is 63.5 Å². The average Bonchev–Trinajstić information content (AvgIpc) is 3.43. The van der Waals surface area contributed by atoms with Crippen molar-refractivity contribution in [3.05, 3.63) is 34.5 Å². The zero-order valence-corrected chi connectivity index (χ0v) is 29.1. The van der Waals surface area contributed by atoms with Gasteiger partial charge in [0.1, 0.15) is 22.7 Å². The normalized spacial score (nSPS) is 16.5. The quantitative estimate of drug-likeness (QED) is 0.165. The number of pyridine rings is 1. The van der Waals surface area contributed by atoms with Crippen molar-refractivity contribution in [1.29, 1.82) is 5.26 Å². The Morgan fingerprint density at radius 3 is 2.65 bits per heavy atom. The summed E-state index contributed by atoms with van der Waals surface area (Å²) >= 11 is 1.05. The summed E-state index contributed by atoms with van der Waals surface area (Å²) in [7, 11) is 7.09. The number of rotatable bonds is 12. The lowest BCUT2D eigenvalue weighted by Crippen LogP contribution is -2.28. The molecule has 9 nitrogen and oxygen atoms in total. The number of aromatic nitrogens is 3. The van der Waals surface area contributed by atoms with Gasteiger partial charge in [-0.3, -0.25) is 9.78 Å². The fraction of sp³-hybridized carbons (Fsp3) is 0.500. The fourth-order valence-corrected chi connectivity index (χ4v) is 8.36. The highest BCUT2D eigenvalue weighted by Gasteiger charge is 2.42. The van der Waals surface area contributed by atoms with Crippen molar-refractivity contribution in [3.63, 3.8) is 0 Å². The summed E-state index contributed by atoms with van der Waals surface area (Å²) in [5.74, 6) is 0.936. The molecule has 6 rings (SSSR count). The van der Waals surface area contributed by atoms with Crippen LogP contribution < -0.4 is 16.4 Å². The lowest BCUT2D eigenvalue weighted by atomic mass is 9.92. The SMILES string of the molecule is CCCC(Nc1nc(C(C)CCC2(CN(C)C)CC2)nc2c(P)c(-c3ncc(F)c4sc(N)c(C#N)c34)c3c(c12)COC3)C(C)=O. The number of ether oxygens (including phenoxy) is 1. The van der Waals surface area contributed by atoms with E-state index in [-0.39, 0.29) is 22.3 Å². The van der Waals surface area contributed by atoms with E-state index in [1.54, 1.807) is 6.92 Å². The number of nitrogens with two attached hydrogens (primary N) is 1. The first-order valence-corrected chi connectivity index (χ1v) is 17.3. The minimum Gasteiger partial charge on any atom is -0.389 e. The van der Waals surface area contributed by atoms with Gasteiger partial charge in [-0.2, -0.15) is 5.26 Å². The van der Waals surface area contributed by atoms with Crippen LogP contribution in [0.1, 0.15) is 87.7 Å². The first-order valence-electron chi connectivity index (χ1n) is 15.9. The van der Waals surface area contributed by atoms with Crippen LogP contribution in [-0.4, -0.2) is 52.3 Å². The maximum Gasteiger partial charge on any atom is 0.159 e. The molecule has 3 N–H and O–H groups in total. The van der Waals surface area contributed by atoms with Gasteiger partial charge >= 0.3 is 0 Å². The molecule has 4 aromatic rings. The predicted molar refractivity (Wildman–Crippen MR) is 186 cm³/mol. The summed E-state index contributed by atoms with van der Waals surface area (Å²) < 4.78 is 21.3. The number of carbonyl (C=O) groups is 1. The number of Topliss-reactive ketones (excluding diaryl/α,β-unsaturated/α-hetero) is 1. The largest absolute Gasteiger partial charge is 0.389 e. The van der Waals surface area contributed by atoms with Crippen molar-refractivity contribution in [2.24, 2.45) is 5.41 Å². The molecule has 3 atom stereocenters. The summed E-state index contributed by atoms with van der Waals surface area (Å²) in [5.41, 5.74) is 10.5. The summed E-state index contributed by atoms with van der Waals surface area (Å²) in [6.45, 7) is 7.54. The number of nitrogen functional groups attached to an aromatic ring is 1. The highest BCUT2D eigenvalue weighted by Crippen LogP contribution is 2.51. The molecule has 1 aliphatic carbocycles. The monoisotopic (exact) mass is 661 g/mol. The Kier molecular flexibility index (Phi) is 9.03. The molecular weight excluding hydrogens is 620 g/mol. The van der Waals surface area contributed by atoms with Crippen LogP contribution in [0.25, 0.3) is 32.2 Å². The first kappa shape index (κ1) is 32.6. The maximum atomic E-state index is 15.0. The maximum absolute atomic E-state index is 15.0. The van der Waals surface area contributed by atoms with Gasteiger partial charge in [-0.1, -0.05) is 20.3 Å². The molecule has 0 amide bonds. The molecule has 242 valence electrons. The van der Waals surface area contributed by atoms with Crippen LogP contribution in [0.15, 0.2) is 6.20 Å². The predicted octanol–water partition coefficient (Wildman–Crippen LogP) is 6.43. The molecule has 1 fully saturated rings. The Bertz CT molecular complexity index is 1900. The molecule has 3 unspecified atom stereocenters. The van der Waals surface area contributed by atoms with Crippen LogP contribution in [0.3, 0.4) is 0 Å². The van der Waals surface area contributed by atoms with Crippen LogP contribution in [0.2, 0.25) is 0 Å². The van der Waals surface area contributed by atoms with Crippen LogP contribution in [0.4, 0.5) is 15.2 Å². The second-order valence-corrected chi connectivity index (χ2v) is 14.9. The second kappa shape index (κ2) is 12.7. The Labute approximate surface area is 275 Å². The van der Waals surface area contributed by atoms with Gasteiger partial charge in [0.2, 0.25) is 0 Å². The smallest absolute Gasteiger partial charge is 0.159 e. The number of carbonyl (C=O) groups excluding carboxylic acids is 1. The Morgan fingerprint density at radius 2 is 2.00 bits per heavy atom. The molecule has 0 radical (unpaired) electrons. The lowest BCUT2D eigenvalue weighted by Gasteiger charge is -2.24. The van der Waals surface area contributed by atoms with Crippen LogP contribution in [0, 0.1) is 22.6 Å². The van der Waals surface area contributed by atoms with E-state index in [9.17, 15) is 10.1 Å². The van der Waals surface area contributed by atoms with Crippen molar-refractivity contribution in [1.82, 2.24) is 19.9 Å². The number of nitrogens with one attached hydrogen (secondary N) is 1. The van der Waals surface area contributed by atoms with Gasteiger partial charge in [-0.05, 0) is 69.7 Å². The average molecular weight is 662 g/mol. The summed E-state index contributed by atoms with van der Waals surface area (Å²) in [5, 5.41) is 15.7. The third-order valence-electron chi connectivity index (χ3n) is 9.49. The number of hydrogen-bond donors (Lipinski definition) is 2. The Hall–Kier alpha value is -3.29. The highest BCUT2D eigenvalue weighted by molar-refractivity contribution is 7.29. The summed E-state index contributed by atoms with van der Waals surface area (Å²) in [6.07, 6.45) is 7.22. The molecule has 3 aromatic heterocycles. The lowest BCUT2D eigenvalue weighted by molar-refractivity contribution is -0.117. The van der Waals surface area contributed by atoms with Crippen LogP contribution in [0.5, 0.6) is 0 Å². The third kappa shape index (κ3) is 5.85. The van der Waals surface area contributed by atoms with E-state index >= 15 is 4.39 Å². The number of nitrogens with zero attached hydrogens (tertiary/aromatic N) is 5. The number of nitriles is 1. The van der Waals surface area contributed by atoms with Gasteiger partial charge in [0.05, 0.1) is 46.9 Å². The fourth-order valence-electron chi connectivity index (χ4n) is 6.92. The minimum atomic E-state index is -0.519. The molecular formula is C34H41FN7O2PS. The second-order valence-electron chi connectivity index (χ2n) is 13.3. The van der Waals surface area contributed by atoms with Gasteiger partial charge in [0.15, 0.2) is 11.6 Å². The van der Waals surface area contributed by atoms with Gasteiger partial charge in [0.25, 0.3) is 0 Å². The minimum absolute atomic E-state index is 0.0511. The topological polar surface area (TPSA) is 130 Å². The van der Waals surface area contributed by atoms with E-state index < -0.39 is 11.9 Å². The molecule has 1 saturated carbocycles. The first-order chi connectivity index (χ1) is 22.0. The van der Waals surface area contributed by atoms with Gasteiger partial charge < -0.3 is 20.7 Å². The summed E-state index contributed by atoms with van der Waals surface area (Å²) in [4.78, 5) is 29.9. The van der Waals surface area contributed by atoms with E-state index in [1.165, 1.54) is 19.0 Å². The van der Waals surface area contributed by atoms with Crippen LogP contribution in [-0.2, 0) is 22.7 Å². The van der Waals surface area contributed by atoms with E-state index in [2.05, 4.69) is 58.5 Å². The zero-order valence-electron chi connectivity index (χ0n) is 27.1. The van der Waals surface area contributed by atoms with E-state index in [4.69, 9.17) is 20.4 Å². The van der Waals surface area contributed by atoms with Gasteiger partial charge in [-0.25, -0.2) is 14.4 Å². The summed E-state index contributed by atoms with van der Waals surface area (Å²) in [6, 6.07) is 1.78. The molecule has 2 aliphatic rings. The Morgan fingerprint density at radius 1 is 1.26 bits per heavy atom. The number of hydrogen-bond acceptors (Lipinski definition) is 10. The molecule has 0 saturated heterocycles. The van der Waals surface area contributed by atoms with Crippen molar-refractivity contribution < 1.29 is 13.9 Å². The number of fused-ring (bicyclic) bond motifs is 4. The number of ketones is 1. The molecule has 0 bridgehead atoms. The number of anilines is 2. The van der Waals surface area contributed by atoms with E-state index in [0.29, 0.717) is 58.0 Å². The molecule has 46 heavy (non-hydrogen) atoms. The number of halogens is 1. The molecule has 12 heteroatoms. The molecule has 0 spiro atoms. The van der Waals surface area contributed by atoms with Crippen molar-refractivity contribution in [3.8, 4) is 17.3 Å².